The predicted molar refractivity (Wildman–Crippen MR) is 119 cm³/mol. The van der Waals surface area contributed by atoms with E-state index in [4.69, 9.17) is 11.6 Å². The van der Waals surface area contributed by atoms with Crippen LogP contribution in [0.3, 0.4) is 0 Å². The molecule has 1 aromatic carbocycles. The van der Waals surface area contributed by atoms with Gasteiger partial charge in [-0.1, -0.05) is 29.3 Å². The number of aliphatic imine (C=N–C) groups is 1. The zero-order valence-corrected chi connectivity index (χ0v) is 18.5. The molecule has 0 atom stereocenters. The van der Waals surface area contributed by atoms with Gasteiger partial charge in [-0.2, -0.15) is 5.10 Å². The van der Waals surface area contributed by atoms with Crippen LogP contribution in [0.1, 0.15) is 26.3 Å². The van der Waals surface area contributed by atoms with Gasteiger partial charge in [0.2, 0.25) is 0 Å². The number of hydrogen-bond acceptors (Lipinski definition) is 4. The SMILES string of the molecule is C/N=C(/C)C(Cn1cc(N2C(=O)CN(CCc3cccc(Cl)c3)C2=O)cn1)=C(C)C. The van der Waals surface area contributed by atoms with Gasteiger partial charge in [0.25, 0.3) is 5.91 Å². The second kappa shape index (κ2) is 9.26. The molecule has 3 rings (SSSR count). The summed E-state index contributed by atoms with van der Waals surface area (Å²) in [5.41, 5.74) is 4.67. The van der Waals surface area contributed by atoms with Crippen LogP contribution in [0.5, 0.6) is 0 Å². The third kappa shape index (κ3) is 4.79. The van der Waals surface area contributed by atoms with Gasteiger partial charge in [-0.25, -0.2) is 9.69 Å². The average Bonchev–Trinajstić information content (AvgIpc) is 3.27. The van der Waals surface area contributed by atoms with Crippen molar-refractivity contribution in [3.8, 4) is 0 Å². The normalized spacial score (nSPS) is 14.6. The zero-order valence-electron chi connectivity index (χ0n) is 17.7. The van der Waals surface area contributed by atoms with E-state index in [1.807, 2.05) is 45.0 Å². The summed E-state index contributed by atoms with van der Waals surface area (Å²) in [6, 6.07) is 7.19. The van der Waals surface area contributed by atoms with Gasteiger partial charge in [0.15, 0.2) is 0 Å². The van der Waals surface area contributed by atoms with E-state index in [2.05, 4.69) is 10.1 Å². The Morgan fingerprint density at radius 1 is 1.23 bits per heavy atom. The maximum absolute atomic E-state index is 12.8. The van der Waals surface area contributed by atoms with Crippen LogP contribution in [-0.4, -0.2) is 52.5 Å². The minimum absolute atomic E-state index is 0.0609. The molecule has 30 heavy (non-hydrogen) atoms. The van der Waals surface area contributed by atoms with Gasteiger partial charge in [0, 0.05) is 30.5 Å². The topological polar surface area (TPSA) is 70.8 Å². The number of carbonyl (C=O) groups excluding carboxylic acids is 2. The predicted octanol–water partition coefficient (Wildman–Crippen LogP) is 3.97. The number of imide groups is 1. The van der Waals surface area contributed by atoms with E-state index in [9.17, 15) is 9.59 Å². The number of urea groups is 1. The van der Waals surface area contributed by atoms with Crippen LogP contribution in [0.15, 0.2) is 52.8 Å². The third-order valence-corrected chi connectivity index (χ3v) is 5.41. The number of amides is 3. The second-order valence-corrected chi connectivity index (χ2v) is 7.93. The first-order valence-corrected chi connectivity index (χ1v) is 10.2. The number of benzene rings is 1. The molecule has 1 saturated heterocycles. The first-order chi connectivity index (χ1) is 14.3. The molecule has 3 amide bonds. The summed E-state index contributed by atoms with van der Waals surface area (Å²) < 4.78 is 1.72. The first kappa shape index (κ1) is 21.8. The van der Waals surface area contributed by atoms with Crippen molar-refractivity contribution in [1.29, 1.82) is 0 Å². The fraction of sp³-hybridized carbons (Fsp3) is 0.364. The Kier molecular flexibility index (Phi) is 6.72. The number of halogens is 1. The Labute approximate surface area is 181 Å². The molecule has 0 bridgehead atoms. The Morgan fingerprint density at radius 2 is 2.00 bits per heavy atom. The minimum atomic E-state index is -0.324. The zero-order chi connectivity index (χ0) is 21.8. The molecule has 0 aliphatic carbocycles. The van der Waals surface area contributed by atoms with Crippen molar-refractivity contribution >= 4 is 34.9 Å². The van der Waals surface area contributed by atoms with Crippen LogP contribution >= 0.6 is 11.6 Å². The molecule has 0 radical (unpaired) electrons. The lowest BCUT2D eigenvalue weighted by Crippen LogP contribution is -2.33. The van der Waals surface area contributed by atoms with E-state index in [1.54, 1.807) is 29.0 Å². The van der Waals surface area contributed by atoms with Gasteiger partial charge < -0.3 is 4.90 Å². The molecule has 7 nitrogen and oxygen atoms in total. The van der Waals surface area contributed by atoms with Crippen molar-refractivity contribution in [3.63, 3.8) is 0 Å². The highest BCUT2D eigenvalue weighted by atomic mass is 35.5. The maximum atomic E-state index is 12.8. The van der Waals surface area contributed by atoms with E-state index < -0.39 is 0 Å². The molecular weight excluding hydrogens is 402 g/mol. The summed E-state index contributed by atoms with van der Waals surface area (Å²) in [7, 11) is 1.76. The standard InChI is InChI=1S/C22H26ClN5O2/c1-15(2)20(16(3)24-4)13-27-12-19(11-25-27)28-21(29)14-26(22(28)30)9-8-17-6-5-7-18(23)10-17/h5-7,10-12H,8-9,13-14H2,1-4H3/b24-16-. The Morgan fingerprint density at radius 3 is 2.67 bits per heavy atom. The molecule has 1 fully saturated rings. The molecule has 2 heterocycles. The van der Waals surface area contributed by atoms with Crippen molar-refractivity contribution < 1.29 is 9.59 Å². The fourth-order valence-corrected chi connectivity index (χ4v) is 3.63. The van der Waals surface area contributed by atoms with Gasteiger partial charge in [-0.3, -0.25) is 14.5 Å². The number of aromatic nitrogens is 2. The van der Waals surface area contributed by atoms with Crippen molar-refractivity contribution in [3.05, 3.63) is 58.4 Å². The quantitative estimate of drug-likeness (QED) is 0.495. The highest BCUT2D eigenvalue weighted by molar-refractivity contribution is 6.30. The monoisotopic (exact) mass is 427 g/mol. The molecule has 0 N–H and O–H groups in total. The van der Waals surface area contributed by atoms with Crippen LogP contribution in [0.4, 0.5) is 10.5 Å². The summed E-state index contributed by atoms with van der Waals surface area (Å²) in [6.07, 6.45) is 3.91. The van der Waals surface area contributed by atoms with Crippen LogP contribution in [-0.2, 0) is 17.8 Å². The molecule has 158 valence electrons. The third-order valence-electron chi connectivity index (χ3n) is 5.17. The van der Waals surface area contributed by atoms with Gasteiger partial charge in [-0.15, -0.1) is 0 Å². The number of nitrogens with zero attached hydrogens (tertiary/aromatic N) is 5. The van der Waals surface area contributed by atoms with E-state index in [0.717, 1.165) is 22.4 Å². The van der Waals surface area contributed by atoms with Crippen molar-refractivity contribution in [2.24, 2.45) is 4.99 Å². The van der Waals surface area contributed by atoms with Crippen LogP contribution in [0.2, 0.25) is 5.02 Å². The average molecular weight is 428 g/mol. The second-order valence-electron chi connectivity index (χ2n) is 7.50. The van der Waals surface area contributed by atoms with Crippen LogP contribution in [0, 0.1) is 0 Å². The molecule has 1 aromatic heterocycles. The molecule has 0 saturated carbocycles. The Balaban J connectivity index is 1.70. The maximum Gasteiger partial charge on any atom is 0.331 e. The lowest BCUT2D eigenvalue weighted by atomic mass is 10.1. The highest BCUT2D eigenvalue weighted by Gasteiger charge is 2.37. The molecule has 0 unspecified atom stereocenters. The van der Waals surface area contributed by atoms with E-state index >= 15 is 0 Å². The number of carbonyl (C=O) groups is 2. The molecular formula is C22H26ClN5O2. The summed E-state index contributed by atoms with van der Waals surface area (Å²) in [5.74, 6) is -0.251. The van der Waals surface area contributed by atoms with Gasteiger partial charge >= 0.3 is 6.03 Å². The molecule has 1 aliphatic heterocycles. The van der Waals surface area contributed by atoms with Crippen molar-refractivity contribution in [1.82, 2.24) is 14.7 Å². The van der Waals surface area contributed by atoms with Crippen molar-refractivity contribution in [2.75, 3.05) is 25.0 Å². The smallest absolute Gasteiger partial charge is 0.314 e. The first-order valence-electron chi connectivity index (χ1n) is 9.79. The Bertz CT molecular complexity index is 1020. The molecule has 1 aliphatic rings. The van der Waals surface area contributed by atoms with E-state index in [1.165, 1.54) is 4.90 Å². The highest BCUT2D eigenvalue weighted by Crippen LogP contribution is 2.22. The molecule has 0 spiro atoms. The summed E-state index contributed by atoms with van der Waals surface area (Å²) in [6.45, 7) is 7.05. The Hall–Kier alpha value is -2.93. The van der Waals surface area contributed by atoms with Gasteiger partial charge in [0.05, 0.1) is 18.4 Å². The molecule has 8 heteroatoms. The lowest BCUT2D eigenvalue weighted by molar-refractivity contribution is -0.116. The fourth-order valence-electron chi connectivity index (χ4n) is 3.42. The minimum Gasteiger partial charge on any atom is -0.314 e. The summed E-state index contributed by atoms with van der Waals surface area (Å²) in [4.78, 5) is 32.4. The van der Waals surface area contributed by atoms with Crippen molar-refractivity contribution in [2.45, 2.75) is 33.7 Å². The number of hydrogen-bond donors (Lipinski definition) is 0. The number of allylic oxidation sites excluding steroid dienone is 2. The van der Waals surface area contributed by atoms with Crippen LogP contribution < -0.4 is 4.90 Å². The van der Waals surface area contributed by atoms with Gasteiger partial charge in [0.1, 0.15) is 6.54 Å². The van der Waals surface area contributed by atoms with Gasteiger partial charge in [-0.05, 0) is 50.5 Å². The number of rotatable bonds is 7. The lowest BCUT2D eigenvalue weighted by Gasteiger charge is -2.16. The molecule has 2 aromatic rings. The number of anilines is 1. The van der Waals surface area contributed by atoms with E-state index in [-0.39, 0.29) is 18.5 Å². The largest absolute Gasteiger partial charge is 0.331 e. The summed E-state index contributed by atoms with van der Waals surface area (Å²) in [5, 5.41) is 5.00. The van der Waals surface area contributed by atoms with E-state index in [0.29, 0.717) is 30.2 Å². The van der Waals surface area contributed by atoms with Crippen LogP contribution in [0.25, 0.3) is 0 Å². The summed E-state index contributed by atoms with van der Waals surface area (Å²) >= 11 is 6.02.